The van der Waals surface area contributed by atoms with Crippen molar-refractivity contribution >= 4 is 44.6 Å². The Bertz CT molecular complexity index is 977. The molecular formula is C16H8Cl2N2OS. The minimum Gasteiger partial charge on any atom is -0.415 e. The number of benzene rings is 2. The van der Waals surface area contributed by atoms with Crippen molar-refractivity contribution in [3.05, 3.63) is 58.6 Å². The van der Waals surface area contributed by atoms with Crippen molar-refractivity contribution in [3.63, 3.8) is 0 Å². The van der Waals surface area contributed by atoms with Crippen molar-refractivity contribution in [1.82, 2.24) is 10.2 Å². The summed E-state index contributed by atoms with van der Waals surface area (Å²) >= 11 is 14.1. The van der Waals surface area contributed by atoms with E-state index in [9.17, 15) is 0 Å². The van der Waals surface area contributed by atoms with E-state index in [1.165, 1.54) is 11.3 Å². The molecule has 0 N–H and O–H groups in total. The van der Waals surface area contributed by atoms with Gasteiger partial charge in [-0.25, -0.2) is 0 Å². The van der Waals surface area contributed by atoms with Crippen LogP contribution in [0, 0.1) is 0 Å². The maximum absolute atomic E-state index is 6.43. The van der Waals surface area contributed by atoms with Gasteiger partial charge in [0.15, 0.2) is 0 Å². The molecule has 0 saturated carbocycles. The van der Waals surface area contributed by atoms with E-state index in [-0.39, 0.29) is 0 Å². The Morgan fingerprint density at radius 1 is 0.864 bits per heavy atom. The van der Waals surface area contributed by atoms with Crippen LogP contribution >= 0.6 is 34.5 Å². The average Bonchev–Trinajstić information content (AvgIpc) is 3.13. The van der Waals surface area contributed by atoms with Gasteiger partial charge in [-0.15, -0.1) is 21.5 Å². The first kappa shape index (κ1) is 13.8. The van der Waals surface area contributed by atoms with Gasteiger partial charge in [-0.3, -0.25) is 0 Å². The first-order valence-electron chi connectivity index (χ1n) is 6.50. The molecule has 0 radical (unpaired) electrons. The van der Waals surface area contributed by atoms with Gasteiger partial charge < -0.3 is 4.42 Å². The summed E-state index contributed by atoms with van der Waals surface area (Å²) in [6, 6.07) is 15.3. The molecule has 4 aromatic rings. The molecule has 0 amide bonds. The minimum atomic E-state index is 0.383. The first-order chi connectivity index (χ1) is 10.7. The molecule has 0 aliphatic rings. The van der Waals surface area contributed by atoms with Crippen molar-refractivity contribution in [2.45, 2.75) is 0 Å². The molecule has 0 fully saturated rings. The SMILES string of the molecule is Clc1ccccc1-c1nnc(-c2sc3ccccc3c2Cl)o1. The highest BCUT2D eigenvalue weighted by molar-refractivity contribution is 7.23. The van der Waals surface area contributed by atoms with Crippen LogP contribution in [0.4, 0.5) is 0 Å². The second kappa shape index (κ2) is 5.39. The minimum absolute atomic E-state index is 0.383. The van der Waals surface area contributed by atoms with Crippen LogP contribution in [-0.4, -0.2) is 10.2 Å². The standard InChI is InChI=1S/C16H8Cl2N2OS/c17-11-7-3-1-5-9(11)15-19-20-16(21-15)14-13(18)10-6-2-4-8-12(10)22-14/h1-8H. The molecule has 4 rings (SSSR count). The summed E-state index contributed by atoms with van der Waals surface area (Å²) in [5.41, 5.74) is 0.708. The van der Waals surface area contributed by atoms with Gasteiger partial charge in [0.1, 0.15) is 4.88 Å². The molecule has 0 unspecified atom stereocenters. The zero-order valence-corrected chi connectivity index (χ0v) is 13.4. The van der Waals surface area contributed by atoms with Crippen LogP contribution in [-0.2, 0) is 0 Å². The van der Waals surface area contributed by atoms with Gasteiger partial charge in [0.05, 0.1) is 15.6 Å². The van der Waals surface area contributed by atoms with E-state index < -0.39 is 0 Å². The number of aromatic nitrogens is 2. The van der Waals surface area contributed by atoms with Crippen molar-refractivity contribution in [1.29, 1.82) is 0 Å². The summed E-state index contributed by atoms with van der Waals surface area (Å²) in [6.45, 7) is 0. The fraction of sp³-hybridized carbons (Fsp3) is 0. The third-order valence-corrected chi connectivity index (χ3v) is 5.25. The lowest BCUT2D eigenvalue weighted by molar-refractivity contribution is 0.586. The lowest BCUT2D eigenvalue weighted by Crippen LogP contribution is -1.78. The molecule has 0 spiro atoms. The van der Waals surface area contributed by atoms with E-state index >= 15 is 0 Å². The fourth-order valence-corrected chi connectivity index (χ4v) is 3.86. The Hall–Kier alpha value is -1.88. The molecule has 22 heavy (non-hydrogen) atoms. The highest BCUT2D eigenvalue weighted by Crippen LogP contribution is 2.42. The smallest absolute Gasteiger partial charge is 0.259 e. The number of rotatable bonds is 2. The van der Waals surface area contributed by atoms with Crippen LogP contribution in [0.1, 0.15) is 0 Å². The number of thiophene rings is 1. The average molecular weight is 347 g/mol. The second-order valence-electron chi connectivity index (χ2n) is 4.63. The van der Waals surface area contributed by atoms with Gasteiger partial charge in [-0.1, -0.05) is 53.5 Å². The largest absolute Gasteiger partial charge is 0.415 e. The summed E-state index contributed by atoms with van der Waals surface area (Å²) in [6.07, 6.45) is 0. The molecule has 2 aromatic carbocycles. The molecule has 108 valence electrons. The third-order valence-electron chi connectivity index (χ3n) is 3.26. The first-order valence-corrected chi connectivity index (χ1v) is 8.07. The van der Waals surface area contributed by atoms with Crippen LogP contribution in [0.25, 0.3) is 32.3 Å². The quantitative estimate of drug-likeness (QED) is 0.451. The van der Waals surface area contributed by atoms with E-state index in [1.807, 2.05) is 42.5 Å². The maximum atomic E-state index is 6.43. The predicted octanol–water partition coefficient (Wildman–Crippen LogP) is 5.93. The Kier molecular flexibility index (Phi) is 3.37. The zero-order chi connectivity index (χ0) is 15.1. The molecule has 2 aromatic heterocycles. The molecule has 0 bridgehead atoms. The summed E-state index contributed by atoms with van der Waals surface area (Å²) in [4.78, 5) is 0.772. The number of hydrogen-bond donors (Lipinski definition) is 0. The Morgan fingerprint density at radius 3 is 2.41 bits per heavy atom. The molecule has 0 atom stereocenters. The zero-order valence-electron chi connectivity index (χ0n) is 11.1. The van der Waals surface area contributed by atoms with Crippen LogP contribution in [0.15, 0.2) is 52.9 Å². The Labute approximate surface area is 140 Å². The molecule has 0 aliphatic carbocycles. The molecule has 3 nitrogen and oxygen atoms in total. The van der Waals surface area contributed by atoms with Crippen LogP contribution < -0.4 is 0 Å². The summed E-state index contributed by atoms with van der Waals surface area (Å²) in [5.74, 6) is 0.787. The van der Waals surface area contributed by atoms with Gasteiger partial charge in [0.2, 0.25) is 5.89 Å². The van der Waals surface area contributed by atoms with Crippen molar-refractivity contribution in [2.75, 3.05) is 0 Å². The molecule has 0 aliphatic heterocycles. The monoisotopic (exact) mass is 346 g/mol. The number of hydrogen-bond acceptors (Lipinski definition) is 4. The number of halogens is 2. The summed E-state index contributed by atoms with van der Waals surface area (Å²) in [7, 11) is 0. The molecule has 6 heteroatoms. The molecular weight excluding hydrogens is 339 g/mol. The molecule has 2 heterocycles. The van der Waals surface area contributed by atoms with E-state index in [2.05, 4.69) is 10.2 Å². The number of nitrogens with zero attached hydrogens (tertiary/aromatic N) is 2. The predicted molar refractivity (Wildman–Crippen MR) is 90.6 cm³/mol. The topological polar surface area (TPSA) is 38.9 Å². The Morgan fingerprint density at radius 2 is 1.59 bits per heavy atom. The van der Waals surface area contributed by atoms with Gasteiger partial charge in [0.25, 0.3) is 5.89 Å². The normalized spacial score (nSPS) is 11.2. The highest BCUT2D eigenvalue weighted by atomic mass is 35.5. The van der Waals surface area contributed by atoms with E-state index in [0.29, 0.717) is 27.4 Å². The Balaban J connectivity index is 1.84. The van der Waals surface area contributed by atoms with Crippen molar-refractivity contribution in [3.8, 4) is 22.2 Å². The van der Waals surface area contributed by atoms with E-state index in [0.717, 1.165) is 15.0 Å². The lowest BCUT2D eigenvalue weighted by Gasteiger charge is -1.96. The second-order valence-corrected chi connectivity index (χ2v) is 6.47. The maximum Gasteiger partial charge on any atom is 0.259 e. The van der Waals surface area contributed by atoms with Crippen molar-refractivity contribution in [2.24, 2.45) is 0 Å². The van der Waals surface area contributed by atoms with E-state index in [4.69, 9.17) is 27.6 Å². The van der Waals surface area contributed by atoms with Gasteiger partial charge in [-0.2, -0.15) is 0 Å². The number of fused-ring (bicyclic) bond motifs is 1. The van der Waals surface area contributed by atoms with Gasteiger partial charge in [0, 0.05) is 10.1 Å². The molecule has 0 saturated heterocycles. The van der Waals surface area contributed by atoms with Crippen LogP contribution in [0.3, 0.4) is 0 Å². The summed E-state index contributed by atoms with van der Waals surface area (Å²) < 4.78 is 6.85. The van der Waals surface area contributed by atoms with Crippen molar-refractivity contribution < 1.29 is 4.42 Å². The van der Waals surface area contributed by atoms with Gasteiger partial charge in [-0.05, 0) is 18.2 Å². The highest BCUT2D eigenvalue weighted by Gasteiger charge is 2.18. The third kappa shape index (κ3) is 2.20. The summed E-state index contributed by atoms with van der Waals surface area (Å²) in [5, 5.41) is 10.4. The lowest BCUT2D eigenvalue weighted by atomic mass is 10.2. The fourth-order valence-electron chi connectivity index (χ4n) is 2.21. The van der Waals surface area contributed by atoms with E-state index in [1.54, 1.807) is 6.07 Å². The van der Waals surface area contributed by atoms with Crippen LogP contribution in [0.2, 0.25) is 10.0 Å². The van der Waals surface area contributed by atoms with Gasteiger partial charge >= 0.3 is 0 Å². The van der Waals surface area contributed by atoms with Crippen LogP contribution in [0.5, 0.6) is 0 Å².